The molecule has 3 N–H and O–H groups in total. The third kappa shape index (κ3) is 7.73. The molecule has 0 spiro atoms. The molecule has 21 heavy (non-hydrogen) atoms. The maximum absolute atomic E-state index is 8.78. The molecule has 0 aliphatic heterocycles. The first-order valence-corrected chi connectivity index (χ1v) is 7.04. The molecule has 0 saturated carbocycles. The highest BCUT2D eigenvalue weighted by Gasteiger charge is 2.03. The number of ether oxygens (including phenoxy) is 1. The van der Waals surface area contributed by atoms with Gasteiger partial charge in [-0.2, -0.15) is 0 Å². The average molecular weight is 428 g/mol. The first-order chi connectivity index (χ1) is 9.71. The number of aliphatic hydroxyl groups is 1. The number of guanidine groups is 1. The summed E-state index contributed by atoms with van der Waals surface area (Å²) in [6, 6.07) is 5.66. The van der Waals surface area contributed by atoms with E-state index in [2.05, 4.69) is 15.6 Å². The number of rotatable bonds is 7. The molecule has 1 aromatic carbocycles. The van der Waals surface area contributed by atoms with Crippen molar-refractivity contribution in [2.75, 3.05) is 33.4 Å². The van der Waals surface area contributed by atoms with E-state index in [-0.39, 0.29) is 30.6 Å². The Kier molecular flexibility index (Phi) is 11.5. The number of halogens is 2. The topological polar surface area (TPSA) is 65.9 Å². The fourth-order valence-corrected chi connectivity index (χ4v) is 1.94. The Bertz CT molecular complexity index is 444. The lowest BCUT2D eigenvalue weighted by atomic mass is 10.1. The Morgan fingerprint density at radius 3 is 2.71 bits per heavy atom. The first-order valence-electron chi connectivity index (χ1n) is 6.66. The Morgan fingerprint density at radius 1 is 1.38 bits per heavy atom. The summed E-state index contributed by atoms with van der Waals surface area (Å²) in [7, 11) is 1.62. The smallest absolute Gasteiger partial charge is 0.191 e. The van der Waals surface area contributed by atoms with Gasteiger partial charge < -0.3 is 20.5 Å². The summed E-state index contributed by atoms with van der Waals surface area (Å²) >= 11 is 6.18. The van der Waals surface area contributed by atoms with Crippen LogP contribution in [-0.4, -0.2) is 44.4 Å². The normalized spacial score (nSPS) is 10.8. The van der Waals surface area contributed by atoms with Crippen molar-refractivity contribution in [3.05, 3.63) is 28.8 Å². The molecule has 0 aromatic heterocycles. The first kappa shape index (κ1) is 20.3. The highest BCUT2D eigenvalue weighted by atomic mass is 127. The minimum absolute atomic E-state index is 0. The van der Waals surface area contributed by atoms with Crippen molar-refractivity contribution in [1.82, 2.24) is 10.6 Å². The minimum Gasteiger partial charge on any atom is -0.497 e. The maximum Gasteiger partial charge on any atom is 0.191 e. The lowest BCUT2D eigenvalue weighted by Crippen LogP contribution is -2.38. The summed E-state index contributed by atoms with van der Waals surface area (Å²) in [5.41, 5.74) is 1.05. The van der Waals surface area contributed by atoms with Crippen LogP contribution in [0.5, 0.6) is 5.75 Å². The molecular formula is C14H23ClIN3O2. The molecule has 0 amide bonds. The van der Waals surface area contributed by atoms with Crippen LogP contribution in [0.25, 0.3) is 0 Å². The second kappa shape index (κ2) is 11.9. The van der Waals surface area contributed by atoms with Gasteiger partial charge in [-0.25, -0.2) is 0 Å². The van der Waals surface area contributed by atoms with Gasteiger partial charge in [0.15, 0.2) is 5.96 Å². The van der Waals surface area contributed by atoms with E-state index in [0.29, 0.717) is 24.1 Å². The van der Waals surface area contributed by atoms with Gasteiger partial charge in [0.25, 0.3) is 0 Å². The van der Waals surface area contributed by atoms with Crippen LogP contribution in [0.15, 0.2) is 23.2 Å². The van der Waals surface area contributed by atoms with Gasteiger partial charge in [0.2, 0.25) is 0 Å². The molecule has 0 atom stereocenters. The molecule has 7 heteroatoms. The zero-order valence-electron chi connectivity index (χ0n) is 12.4. The molecule has 1 rings (SSSR count). The standard InChI is InChI=1S/C14H22ClN3O2.HI/c1-3-16-14(18-8-9-19)17-7-6-11-4-5-12(20-2)10-13(11)15;/h4-5,10,19H,3,6-9H2,1-2H3,(H2,16,17,18);1H. The van der Waals surface area contributed by atoms with Gasteiger partial charge in [-0.3, -0.25) is 4.99 Å². The van der Waals surface area contributed by atoms with Crippen molar-refractivity contribution < 1.29 is 9.84 Å². The van der Waals surface area contributed by atoms with Crippen LogP contribution in [0.3, 0.4) is 0 Å². The van der Waals surface area contributed by atoms with Gasteiger partial charge in [-0.05, 0) is 31.0 Å². The number of hydrogen-bond donors (Lipinski definition) is 3. The van der Waals surface area contributed by atoms with Crippen molar-refractivity contribution in [1.29, 1.82) is 0 Å². The largest absolute Gasteiger partial charge is 0.497 e. The number of benzene rings is 1. The predicted octanol–water partition coefficient (Wildman–Crippen LogP) is 2.06. The SMILES string of the molecule is CCNC(=NCCO)NCCc1ccc(OC)cc1Cl.I. The van der Waals surface area contributed by atoms with E-state index >= 15 is 0 Å². The average Bonchev–Trinajstić information content (AvgIpc) is 2.46. The van der Waals surface area contributed by atoms with E-state index in [1.165, 1.54) is 0 Å². The van der Waals surface area contributed by atoms with E-state index < -0.39 is 0 Å². The molecule has 120 valence electrons. The van der Waals surface area contributed by atoms with Crippen LogP contribution in [0.2, 0.25) is 5.02 Å². The zero-order chi connectivity index (χ0) is 14.8. The molecule has 1 aromatic rings. The Morgan fingerprint density at radius 2 is 2.14 bits per heavy atom. The van der Waals surface area contributed by atoms with Gasteiger partial charge >= 0.3 is 0 Å². The molecule has 5 nitrogen and oxygen atoms in total. The van der Waals surface area contributed by atoms with Gasteiger partial charge in [0.05, 0.1) is 20.3 Å². The van der Waals surface area contributed by atoms with Crippen molar-refractivity contribution in [2.24, 2.45) is 4.99 Å². The zero-order valence-corrected chi connectivity index (χ0v) is 15.4. The molecule has 0 fully saturated rings. The van der Waals surface area contributed by atoms with Crippen LogP contribution < -0.4 is 15.4 Å². The lowest BCUT2D eigenvalue weighted by molar-refractivity contribution is 0.306. The summed E-state index contributed by atoms with van der Waals surface area (Å²) in [5.74, 6) is 1.45. The summed E-state index contributed by atoms with van der Waals surface area (Å²) in [4.78, 5) is 4.20. The fraction of sp³-hybridized carbons (Fsp3) is 0.500. The van der Waals surface area contributed by atoms with Crippen LogP contribution in [0.1, 0.15) is 12.5 Å². The van der Waals surface area contributed by atoms with Crippen molar-refractivity contribution in [3.8, 4) is 5.75 Å². The molecule has 0 aliphatic rings. The van der Waals surface area contributed by atoms with Crippen molar-refractivity contribution in [2.45, 2.75) is 13.3 Å². The quantitative estimate of drug-likeness (QED) is 0.354. The number of aliphatic hydroxyl groups excluding tert-OH is 1. The van der Waals surface area contributed by atoms with E-state index in [1.807, 2.05) is 25.1 Å². The maximum atomic E-state index is 8.78. The summed E-state index contributed by atoms with van der Waals surface area (Å²) < 4.78 is 5.12. The van der Waals surface area contributed by atoms with Crippen molar-refractivity contribution in [3.63, 3.8) is 0 Å². The number of nitrogens with zero attached hydrogens (tertiary/aromatic N) is 1. The van der Waals surface area contributed by atoms with E-state index in [4.69, 9.17) is 21.4 Å². The number of methoxy groups -OCH3 is 1. The lowest BCUT2D eigenvalue weighted by Gasteiger charge is -2.12. The van der Waals surface area contributed by atoms with Crippen LogP contribution >= 0.6 is 35.6 Å². The molecule has 0 saturated heterocycles. The van der Waals surface area contributed by atoms with Gasteiger partial charge in [0.1, 0.15) is 5.75 Å². The molecule has 0 radical (unpaired) electrons. The van der Waals surface area contributed by atoms with Crippen molar-refractivity contribution >= 4 is 41.5 Å². The number of aliphatic imine (C=N–C) groups is 1. The molecule has 0 heterocycles. The number of nitrogens with one attached hydrogen (secondary N) is 2. The summed E-state index contributed by atoms with van der Waals surface area (Å²) in [6.45, 7) is 3.92. The summed E-state index contributed by atoms with van der Waals surface area (Å²) in [6.07, 6.45) is 0.784. The third-order valence-electron chi connectivity index (χ3n) is 2.66. The highest BCUT2D eigenvalue weighted by Crippen LogP contribution is 2.22. The molecular weight excluding hydrogens is 405 g/mol. The van der Waals surface area contributed by atoms with Gasteiger partial charge in [-0.15, -0.1) is 24.0 Å². The second-order valence-electron chi connectivity index (χ2n) is 4.12. The van der Waals surface area contributed by atoms with Crippen LogP contribution in [-0.2, 0) is 6.42 Å². The Balaban J connectivity index is 0.00000400. The highest BCUT2D eigenvalue weighted by molar-refractivity contribution is 14.0. The van der Waals surface area contributed by atoms with E-state index in [0.717, 1.165) is 24.3 Å². The number of hydrogen-bond acceptors (Lipinski definition) is 3. The summed E-state index contributed by atoms with van der Waals surface area (Å²) in [5, 5.41) is 15.8. The Hall–Kier alpha value is -0.730. The third-order valence-corrected chi connectivity index (χ3v) is 3.01. The van der Waals surface area contributed by atoms with Crippen LogP contribution in [0, 0.1) is 0 Å². The van der Waals surface area contributed by atoms with Crippen LogP contribution in [0.4, 0.5) is 0 Å². The Labute approximate surface area is 148 Å². The van der Waals surface area contributed by atoms with E-state index in [9.17, 15) is 0 Å². The fourth-order valence-electron chi connectivity index (χ4n) is 1.68. The molecule has 0 bridgehead atoms. The van der Waals surface area contributed by atoms with E-state index in [1.54, 1.807) is 7.11 Å². The predicted molar refractivity (Wildman–Crippen MR) is 98.2 cm³/mol. The minimum atomic E-state index is 0. The van der Waals surface area contributed by atoms with Gasteiger partial charge in [0, 0.05) is 18.1 Å². The second-order valence-corrected chi connectivity index (χ2v) is 4.53. The van der Waals surface area contributed by atoms with Gasteiger partial charge in [-0.1, -0.05) is 17.7 Å². The molecule has 0 unspecified atom stereocenters. The molecule has 0 aliphatic carbocycles. The monoisotopic (exact) mass is 427 g/mol.